The number of rotatable bonds is 6. The number of nitrogens with two attached hydrogens (primary N) is 1. The molecule has 1 rings (SSSR count). The van der Waals surface area contributed by atoms with Crippen LogP contribution in [0.5, 0.6) is 0 Å². The minimum absolute atomic E-state index is 0.134. The van der Waals surface area contributed by atoms with Crippen LogP contribution in [0.3, 0.4) is 0 Å². The molecule has 5 nitrogen and oxygen atoms in total. The van der Waals surface area contributed by atoms with Gasteiger partial charge in [-0.1, -0.05) is 18.7 Å². The highest BCUT2D eigenvalue weighted by Gasteiger charge is 2.32. The van der Waals surface area contributed by atoms with Crippen LogP contribution in [-0.4, -0.2) is 28.1 Å². The number of ether oxygens (including phenoxy) is 1. The third kappa shape index (κ3) is 2.80. The second-order valence-electron chi connectivity index (χ2n) is 3.39. The summed E-state index contributed by atoms with van der Waals surface area (Å²) in [5.74, 6) is -0.531. The molecule has 0 aliphatic heterocycles. The van der Waals surface area contributed by atoms with Crippen molar-refractivity contribution in [3.8, 4) is 0 Å². The maximum absolute atomic E-state index is 11.7. The highest BCUT2D eigenvalue weighted by molar-refractivity contribution is 5.83. The van der Waals surface area contributed by atoms with E-state index < -0.39 is 11.5 Å². The van der Waals surface area contributed by atoms with Gasteiger partial charge in [0.15, 0.2) is 0 Å². The number of hydrogen-bond donors (Lipinski definition) is 2. The summed E-state index contributed by atoms with van der Waals surface area (Å²) in [5, 5.41) is 0. The zero-order chi connectivity index (χ0) is 12.0. The van der Waals surface area contributed by atoms with Crippen molar-refractivity contribution in [1.29, 1.82) is 0 Å². The van der Waals surface area contributed by atoms with E-state index in [-0.39, 0.29) is 13.0 Å². The Labute approximate surface area is 94.0 Å². The Balaban J connectivity index is 2.72. The molecule has 0 aromatic carbocycles. The van der Waals surface area contributed by atoms with Crippen molar-refractivity contribution in [1.82, 2.24) is 9.97 Å². The number of carbonyl (C=O) groups is 1. The lowest BCUT2D eigenvalue weighted by Crippen LogP contribution is -2.49. The number of nitrogens with zero attached hydrogens (tertiary/aromatic N) is 1. The van der Waals surface area contributed by atoms with E-state index in [9.17, 15) is 4.79 Å². The summed E-state index contributed by atoms with van der Waals surface area (Å²) in [6.07, 6.45) is 6.25. The lowest BCUT2D eigenvalue weighted by atomic mass is 9.95. The summed E-state index contributed by atoms with van der Waals surface area (Å²) in [5.41, 5.74) is 5.41. The molecule has 0 fully saturated rings. The number of esters is 1. The van der Waals surface area contributed by atoms with E-state index in [1.54, 1.807) is 6.20 Å². The minimum atomic E-state index is -1.24. The Morgan fingerprint density at radius 1 is 1.69 bits per heavy atom. The summed E-state index contributed by atoms with van der Waals surface area (Å²) < 4.78 is 4.91. The zero-order valence-corrected chi connectivity index (χ0v) is 8.98. The third-order valence-corrected chi connectivity index (χ3v) is 2.11. The maximum atomic E-state index is 11.7. The Kier molecular flexibility index (Phi) is 4.02. The summed E-state index contributed by atoms with van der Waals surface area (Å²) in [6.45, 7) is 7.15. The van der Waals surface area contributed by atoms with E-state index in [0.29, 0.717) is 0 Å². The van der Waals surface area contributed by atoms with Crippen LogP contribution in [0.1, 0.15) is 5.69 Å². The predicted octanol–water partition coefficient (Wildman–Crippen LogP) is 0.565. The Bertz CT molecular complexity index is 373. The molecule has 1 heterocycles. The first kappa shape index (κ1) is 12.2. The van der Waals surface area contributed by atoms with E-state index in [0.717, 1.165) is 5.69 Å². The van der Waals surface area contributed by atoms with Crippen LogP contribution in [0.2, 0.25) is 0 Å². The molecule has 1 unspecified atom stereocenters. The van der Waals surface area contributed by atoms with E-state index >= 15 is 0 Å². The minimum Gasteiger partial charge on any atom is -0.460 e. The molecular weight excluding hydrogens is 206 g/mol. The van der Waals surface area contributed by atoms with Gasteiger partial charge in [0, 0.05) is 18.3 Å². The van der Waals surface area contributed by atoms with Gasteiger partial charge in [-0.3, -0.25) is 0 Å². The molecule has 0 radical (unpaired) electrons. The number of aromatic nitrogens is 2. The molecule has 0 bridgehead atoms. The van der Waals surface area contributed by atoms with Crippen molar-refractivity contribution in [3.63, 3.8) is 0 Å². The highest BCUT2D eigenvalue weighted by atomic mass is 16.5. The largest absolute Gasteiger partial charge is 0.460 e. The molecule has 1 aromatic rings. The van der Waals surface area contributed by atoms with Crippen LogP contribution in [0, 0.1) is 0 Å². The van der Waals surface area contributed by atoms with E-state index in [1.165, 1.54) is 18.5 Å². The van der Waals surface area contributed by atoms with E-state index in [1.807, 2.05) is 0 Å². The molecule has 3 N–H and O–H groups in total. The molecule has 0 aliphatic rings. The molecule has 5 heteroatoms. The normalized spacial score (nSPS) is 13.8. The zero-order valence-electron chi connectivity index (χ0n) is 8.98. The van der Waals surface area contributed by atoms with Crippen molar-refractivity contribution >= 4 is 5.97 Å². The smallest absolute Gasteiger partial charge is 0.330 e. The van der Waals surface area contributed by atoms with Gasteiger partial charge in [0.2, 0.25) is 0 Å². The van der Waals surface area contributed by atoms with Gasteiger partial charge in [0.05, 0.1) is 6.33 Å². The Morgan fingerprint density at radius 3 is 2.94 bits per heavy atom. The number of H-pyrrole nitrogens is 1. The van der Waals surface area contributed by atoms with Crippen LogP contribution in [0.25, 0.3) is 0 Å². The van der Waals surface area contributed by atoms with Gasteiger partial charge in [0.25, 0.3) is 0 Å². The van der Waals surface area contributed by atoms with Crippen molar-refractivity contribution < 1.29 is 9.53 Å². The van der Waals surface area contributed by atoms with Crippen molar-refractivity contribution in [2.45, 2.75) is 12.0 Å². The standard InChI is InChI=1S/C11H15N3O2/c1-3-5-16-10(15)11(12,4-2)6-9-7-13-8-14-9/h3-4,7-8H,1-2,5-6,12H2,(H,13,14). The van der Waals surface area contributed by atoms with Crippen LogP contribution in [-0.2, 0) is 16.0 Å². The SMILES string of the molecule is C=CCOC(=O)C(N)(C=C)Cc1cnc[nH]1. The van der Waals surface area contributed by atoms with Gasteiger partial charge in [-0.05, 0) is 0 Å². The van der Waals surface area contributed by atoms with Gasteiger partial charge in [0.1, 0.15) is 12.1 Å². The van der Waals surface area contributed by atoms with E-state index in [4.69, 9.17) is 10.5 Å². The molecule has 86 valence electrons. The molecule has 0 saturated heterocycles. The van der Waals surface area contributed by atoms with Crippen LogP contribution < -0.4 is 5.73 Å². The molecule has 1 aromatic heterocycles. The number of nitrogens with one attached hydrogen (secondary N) is 1. The fourth-order valence-corrected chi connectivity index (χ4v) is 1.19. The predicted molar refractivity (Wildman–Crippen MR) is 60.6 cm³/mol. The topological polar surface area (TPSA) is 81.0 Å². The van der Waals surface area contributed by atoms with Gasteiger partial charge in [-0.2, -0.15) is 0 Å². The molecule has 0 spiro atoms. The van der Waals surface area contributed by atoms with Gasteiger partial charge in [-0.15, -0.1) is 6.58 Å². The fraction of sp³-hybridized carbons (Fsp3) is 0.273. The number of hydrogen-bond acceptors (Lipinski definition) is 4. The lowest BCUT2D eigenvalue weighted by molar-refractivity contribution is -0.146. The summed E-state index contributed by atoms with van der Waals surface area (Å²) in [4.78, 5) is 18.4. The number of carbonyl (C=O) groups excluding carboxylic acids is 1. The summed E-state index contributed by atoms with van der Waals surface area (Å²) in [7, 11) is 0. The van der Waals surface area contributed by atoms with Crippen molar-refractivity contribution in [2.24, 2.45) is 5.73 Å². The maximum Gasteiger partial charge on any atom is 0.330 e. The van der Waals surface area contributed by atoms with Gasteiger partial charge < -0.3 is 15.5 Å². The Morgan fingerprint density at radius 2 is 2.44 bits per heavy atom. The van der Waals surface area contributed by atoms with Crippen molar-refractivity contribution in [2.75, 3.05) is 6.61 Å². The average molecular weight is 221 g/mol. The van der Waals surface area contributed by atoms with E-state index in [2.05, 4.69) is 23.1 Å². The molecule has 16 heavy (non-hydrogen) atoms. The monoisotopic (exact) mass is 221 g/mol. The van der Waals surface area contributed by atoms with Crippen LogP contribution in [0.15, 0.2) is 37.8 Å². The highest BCUT2D eigenvalue weighted by Crippen LogP contribution is 2.12. The summed E-state index contributed by atoms with van der Waals surface area (Å²) >= 11 is 0. The molecule has 0 aliphatic carbocycles. The Hall–Kier alpha value is -1.88. The van der Waals surface area contributed by atoms with Crippen LogP contribution >= 0.6 is 0 Å². The summed E-state index contributed by atoms with van der Waals surface area (Å²) in [6, 6.07) is 0. The molecule has 1 atom stereocenters. The third-order valence-electron chi connectivity index (χ3n) is 2.11. The van der Waals surface area contributed by atoms with Crippen molar-refractivity contribution in [3.05, 3.63) is 43.5 Å². The first-order valence-corrected chi connectivity index (χ1v) is 4.80. The van der Waals surface area contributed by atoms with Crippen LogP contribution in [0.4, 0.5) is 0 Å². The van der Waals surface area contributed by atoms with Gasteiger partial charge in [-0.25, -0.2) is 9.78 Å². The first-order valence-electron chi connectivity index (χ1n) is 4.80. The quantitative estimate of drug-likeness (QED) is 0.543. The fourth-order valence-electron chi connectivity index (χ4n) is 1.19. The number of imidazole rings is 1. The first-order chi connectivity index (χ1) is 7.62. The second kappa shape index (κ2) is 5.27. The molecule has 0 amide bonds. The second-order valence-corrected chi connectivity index (χ2v) is 3.39. The average Bonchev–Trinajstić information content (AvgIpc) is 2.78. The van der Waals surface area contributed by atoms with Gasteiger partial charge >= 0.3 is 5.97 Å². The lowest BCUT2D eigenvalue weighted by Gasteiger charge is -2.22. The number of aromatic amines is 1. The molecular formula is C11H15N3O2. The molecule has 0 saturated carbocycles.